The molecule has 0 spiro atoms. The van der Waals surface area contributed by atoms with E-state index in [1.807, 2.05) is 32.0 Å². The molecule has 3 aromatic carbocycles. The molecule has 6 heteroatoms. The van der Waals surface area contributed by atoms with Gasteiger partial charge in [-0.1, -0.05) is 29.3 Å². The van der Waals surface area contributed by atoms with Crippen molar-refractivity contribution in [3.63, 3.8) is 0 Å². The largest absolute Gasteiger partial charge is 0.482 e. The molecule has 0 aliphatic carbocycles. The second-order valence-electron chi connectivity index (χ2n) is 6.51. The molecule has 0 fully saturated rings. The van der Waals surface area contributed by atoms with Crippen molar-refractivity contribution in [1.82, 2.24) is 0 Å². The van der Waals surface area contributed by atoms with E-state index in [1.165, 1.54) is 0 Å². The zero-order valence-electron chi connectivity index (χ0n) is 16.1. The fourth-order valence-electron chi connectivity index (χ4n) is 2.66. The van der Waals surface area contributed by atoms with Crippen molar-refractivity contribution >= 4 is 29.2 Å². The number of benzene rings is 3. The van der Waals surface area contributed by atoms with Crippen molar-refractivity contribution in [2.24, 2.45) is 0 Å². The number of carbonyl (C=O) groups excluding carboxylic acids is 2. The molecular weight excluding hydrogens is 390 g/mol. The Balaban J connectivity index is 1.54. The van der Waals surface area contributed by atoms with Crippen LogP contribution in [0.3, 0.4) is 0 Å². The number of halogens is 1. The molecule has 3 rings (SSSR count). The average Bonchev–Trinajstić information content (AvgIpc) is 2.70. The first-order valence-electron chi connectivity index (χ1n) is 8.98. The lowest BCUT2D eigenvalue weighted by Crippen LogP contribution is -2.18. The van der Waals surface area contributed by atoms with Crippen LogP contribution in [0.25, 0.3) is 0 Å². The molecule has 0 aliphatic rings. The van der Waals surface area contributed by atoms with Crippen LogP contribution in [0.1, 0.15) is 21.5 Å². The lowest BCUT2D eigenvalue weighted by Gasteiger charge is -2.10. The maximum atomic E-state index is 12.4. The molecule has 1 N–H and O–H groups in total. The van der Waals surface area contributed by atoms with Gasteiger partial charge in [0.1, 0.15) is 11.5 Å². The topological polar surface area (TPSA) is 64.6 Å². The van der Waals surface area contributed by atoms with Crippen molar-refractivity contribution in [3.05, 3.63) is 88.4 Å². The summed E-state index contributed by atoms with van der Waals surface area (Å²) < 4.78 is 10.6. The van der Waals surface area contributed by atoms with Crippen molar-refractivity contribution < 1.29 is 19.1 Å². The molecule has 0 bridgehead atoms. The Morgan fingerprint density at radius 3 is 2.21 bits per heavy atom. The van der Waals surface area contributed by atoms with Crippen molar-refractivity contribution in [3.8, 4) is 11.5 Å². The Hall–Kier alpha value is -3.31. The van der Waals surface area contributed by atoms with Crippen molar-refractivity contribution in [2.75, 3.05) is 11.9 Å². The molecule has 29 heavy (non-hydrogen) atoms. The third-order valence-electron chi connectivity index (χ3n) is 4.15. The number of nitrogens with one attached hydrogen (secondary N) is 1. The lowest BCUT2D eigenvalue weighted by molar-refractivity contribution is -0.136. The number of aryl methyl sites for hydroxylation is 2. The SMILES string of the molecule is Cc1ccc(NC(=O)c2ccc(OC(=O)COc3ccc(Cl)cc3)cc2)c(C)c1. The molecule has 3 aromatic rings. The highest BCUT2D eigenvalue weighted by Crippen LogP contribution is 2.19. The van der Waals surface area contributed by atoms with Gasteiger partial charge in [0.25, 0.3) is 5.91 Å². The van der Waals surface area contributed by atoms with E-state index in [0.717, 1.165) is 16.8 Å². The maximum absolute atomic E-state index is 12.4. The first-order chi connectivity index (χ1) is 13.9. The molecule has 0 aromatic heterocycles. The number of esters is 1. The van der Waals surface area contributed by atoms with E-state index in [1.54, 1.807) is 48.5 Å². The molecule has 0 aliphatic heterocycles. The van der Waals surface area contributed by atoms with Gasteiger partial charge in [-0.05, 0) is 74.0 Å². The molecule has 0 unspecified atom stereocenters. The van der Waals surface area contributed by atoms with Gasteiger partial charge < -0.3 is 14.8 Å². The zero-order chi connectivity index (χ0) is 20.8. The Morgan fingerprint density at radius 2 is 1.55 bits per heavy atom. The number of anilines is 1. The minimum absolute atomic E-state index is 0.235. The van der Waals surface area contributed by atoms with E-state index in [2.05, 4.69) is 5.32 Å². The molecule has 148 valence electrons. The molecule has 0 saturated carbocycles. The summed E-state index contributed by atoms with van der Waals surface area (Å²) >= 11 is 5.80. The summed E-state index contributed by atoms with van der Waals surface area (Å²) in [6.45, 7) is 3.70. The third kappa shape index (κ3) is 5.83. The van der Waals surface area contributed by atoms with E-state index in [0.29, 0.717) is 22.1 Å². The summed E-state index contributed by atoms with van der Waals surface area (Å²) in [5, 5.41) is 3.47. The van der Waals surface area contributed by atoms with Gasteiger partial charge in [0.15, 0.2) is 6.61 Å². The highest BCUT2D eigenvalue weighted by Gasteiger charge is 2.10. The number of rotatable bonds is 6. The smallest absolute Gasteiger partial charge is 0.349 e. The number of amides is 1. The molecule has 1 amide bonds. The fourth-order valence-corrected chi connectivity index (χ4v) is 2.78. The standard InChI is InChI=1S/C23H20ClNO4/c1-15-3-12-21(16(2)13-15)25-23(27)17-4-8-20(9-5-17)29-22(26)14-28-19-10-6-18(24)7-11-19/h3-13H,14H2,1-2H3,(H,25,27). The summed E-state index contributed by atoms with van der Waals surface area (Å²) in [5.74, 6) is 0.0656. The summed E-state index contributed by atoms with van der Waals surface area (Å²) in [4.78, 5) is 24.3. The number of carbonyl (C=O) groups is 2. The fraction of sp³-hybridized carbons (Fsp3) is 0.130. The summed E-state index contributed by atoms with van der Waals surface area (Å²) in [7, 11) is 0. The second-order valence-corrected chi connectivity index (χ2v) is 6.95. The van der Waals surface area contributed by atoms with Crippen LogP contribution in [-0.4, -0.2) is 18.5 Å². The van der Waals surface area contributed by atoms with Crippen LogP contribution < -0.4 is 14.8 Å². The minimum Gasteiger partial charge on any atom is -0.482 e. The highest BCUT2D eigenvalue weighted by atomic mass is 35.5. The molecular formula is C23H20ClNO4. The predicted octanol–water partition coefficient (Wildman–Crippen LogP) is 5.19. The van der Waals surface area contributed by atoms with Crippen LogP contribution in [0.15, 0.2) is 66.7 Å². The first kappa shape index (κ1) is 20.4. The Bertz CT molecular complexity index is 1010. The van der Waals surface area contributed by atoms with Crippen LogP contribution in [0.5, 0.6) is 11.5 Å². The van der Waals surface area contributed by atoms with E-state index in [-0.39, 0.29) is 12.5 Å². The minimum atomic E-state index is -0.549. The summed E-state index contributed by atoms with van der Waals surface area (Å²) in [6.07, 6.45) is 0. The molecule has 0 heterocycles. The van der Waals surface area contributed by atoms with E-state index in [4.69, 9.17) is 21.1 Å². The maximum Gasteiger partial charge on any atom is 0.349 e. The molecule has 5 nitrogen and oxygen atoms in total. The number of hydrogen-bond donors (Lipinski definition) is 1. The highest BCUT2D eigenvalue weighted by molar-refractivity contribution is 6.30. The Labute approximate surface area is 174 Å². The number of hydrogen-bond acceptors (Lipinski definition) is 4. The first-order valence-corrected chi connectivity index (χ1v) is 9.36. The molecule has 0 atom stereocenters. The van der Waals surface area contributed by atoms with E-state index in [9.17, 15) is 9.59 Å². The molecule has 0 radical (unpaired) electrons. The normalized spacial score (nSPS) is 10.3. The number of ether oxygens (including phenoxy) is 2. The van der Waals surface area contributed by atoms with Crippen LogP contribution in [0.2, 0.25) is 5.02 Å². The predicted molar refractivity (Wildman–Crippen MR) is 113 cm³/mol. The van der Waals surface area contributed by atoms with Gasteiger partial charge in [-0.15, -0.1) is 0 Å². The average molecular weight is 410 g/mol. The zero-order valence-corrected chi connectivity index (χ0v) is 16.8. The Kier molecular flexibility index (Phi) is 6.52. The monoisotopic (exact) mass is 409 g/mol. The van der Waals surface area contributed by atoms with Gasteiger partial charge >= 0.3 is 5.97 Å². The van der Waals surface area contributed by atoms with Crippen LogP contribution in [-0.2, 0) is 4.79 Å². The van der Waals surface area contributed by atoms with Crippen LogP contribution in [0, 0.1) is 13.8 Å². The van der Waals surface area contributed by atoms with E-state index < -0.39 is 5.97 Å². The quantitative estimate of drug-likeness (QED) is 0.449. The van der Waals surface area contributed by atoms with Gasteiger partial charge in [-0.2, -0.15) is 0 Å². The lowest BCUT2D eigenvalue weighted by atomic mass is 10.1. The van der Waals surface area contributed by atoms with Gasteiger partial charge in [0, 0.05) is 16.3 Å². The van der Waals surface area contributed by atoms with Gasteiger partial charge in [0.05, 0.1) is 0 Å². The van der Waals surface area contributed by atoms with Crippen LogP contribution in [0.4, 0.5) is 5.69 Å². The summed E-state index contributed by atoms with van der Waals surface area (Å²) in [6, 6.07) is 18.8. The summed E-state index contributed by atoms with van der Waals surface area (Å²) in [5.41, 5.74) is 3.34. The van der Waals surface area contributed by atoms with Crippen molar-refractivity contribution in [1.29, 1.82) is 0 Å². The van der Waals surface area contributed by atoms with Crippen LogP contribution >= 0.6 is 11.6 Å². The molecule has 0 saturated heterocycles. The Morgan fingerprint density at radius 1 is 0.897 bits per heavy atom. The third-order valence-corrected chi connectivity index (χ3v) is 4.40. The van der Waals surface area contributed by atoms with Gasteiger partial charge in [0.2, 0.25) is 0 Å². The second kappa shape index (κ2) is 9.26. The van der Waals surface area contributed by atoms with Gasteiger partial charge in [-0.3, -0.25) is 4.79 Å². The van der Waals surface area contributed by atoms with E-state index >= 15 is 0 Å². The van der Waals surface area contributed by atoms with Crippen molar-refractivity contribution in [2.45, 2.75) is 13.8 Å². The van der Waals surface area contributed by atoms with Gasteiger partial charge in [-0.25, -0.2) is 4.79 Å².